The lowest BCUT2D eigenvalue weighted by Gasteiger charge is -2.28. The molecule has 1 aromatic carbocycles. The van der Waals surface area contributed by atoms with Crippen LogP contribution in [0.25, 0.3) is 0 Å². The minimum absolute atomic E-state index is 0.156. The Morgan fingerprint density at radius 1 is 1.41 bits per heavy atom. The number of ether oxygens (including phenoxy) is 1. The van der Waals surface area contributed by atoms with Gasteiger partial charge in [-0.3, -0.25) is 10.1 Å². The number of hydrogen-bond acceptors (Lipinski definition) is 5. The number of benzene rings is 1. The monoisotopic (exact) mass is 241 g/mol. The van der Waals surface area contributed by atoms with Crippen LogP contribution in [0, 0.1) is 15.9 Å². The molecule has 0 saturated carbocycles. The molecule has 0 atom stereocenters. The fourth-order valence-electron chi connectivity index (χ4n) is 1.80. The number of nitro benzene ring substituents is 1. The van der Waals surface area contributed by atoms with Crippen molar-refractivity contribution < 1.29 is 14.1 Å². The second-order valence-electron chi connectivity index (χ2n) is 3.72. The number of hydrogen-bond donors (Lipinski definition) is 1. The summed E-state index contributed by atoms with van der Waals surface area (Å²) in [5.41, 5.74) is 5.22. The first-order valence-electron chi connectivity index (χ1n) is 5.15. The molecule has 6 nitrogen and oxygen atoms in total. The Morgan fingerprint density at radius 2 is 2.06 bits per heavy atom. The third-order valence-corrected chi connectivity index (χ3v) is 2.64. The van der Waals surface area contributed by atoms with Crippen molar-refractivity contribution in [2.24, 2.45) is 0 Å². The smallest absolute Gasteiger partial charge is 0.327 e. The molecule has 0 bridgehead atoms. The number of nitrogen functional groups attached to an aromatic ring is 1. The van der Waals surface area contributed by atoms with E-state index in [0.717, 1.165) is 6.07 Å². The van der Waals surface area contributed by atoms with Crippen molar-refractivity contribution in [1.29, 1.82) is 0 Å². The third-order valence-electron chi connectivity index (χ3n) is 2.64. The number of anilines is 2. The van der Waals surface area contributed by atoms with Crippen LogP contribution in [0.1, 0.15) is 0 Å². The SMILES string of the molecule is Nc1cc(N2CCOCC2)cc(F)c1[N+](=O)[O-]. The highest BCUT2D eigenvalue weighted by atomic mass is 19.1. The highest BCUT2D eigenvalue weighted by Gasteiger charge is 2.22. The molecule has 7 heteroatoms. The van der Waals surface area contributed by atoms with Crippen LogP contribution in [0.5, 0.6) is 0 Å². The van der Waals surface area contributed by atoms with Crippen molar-refractivity contribution in [3.8, 4) is 0 Å². The Hall–Kier alpha value is -1.89. The van der Waals surface area contributed by atoms with Crippen LogP contribution in [0.3, 0.4) is 0 Å². The number of rotatable bonds is 2. The maximum Gasteiger partial charge on any atom is 0.327 e. The first-order chi connectivity index (χ1) is 8.09. The van der Waals surface area contributed by atoms with Crippen LogP contribution in [-0.4, -0.2) is 31.2 Å². The van der Waals surface area contributed by atoms with Crippen molar-refractivity contribution in [1.82, 2.24) is 0 Å². The summed E-state index contributed by atoms with van der Waals surface area (Å²) in [5.74, 6) is -0.906. The van der Waals surface area contributed by atoms with Crippen molar-refractivity contribution in [2.75, 3.05) is 36.9 Å². The average Bonchev–Trinajstić information content (AvgIpc) is 2.28. The van der Waals surface area contributed by atoms with Gasteiger partial charge in [-0.1, -0.05) is 0 Å². The van der Waals surface area contributed by atoms with E-state index in [0.29, 0.717) is 32.0 Å². The van der Waals surface area contributed by atoms with Crippen molar-refractivity contribution >= 4 is 17.1 Å². The molecule has 1 heterocycles. The fraction of sp³-hybridized carbons (Fsp3) is 0.400. The molecule has 17 heavy (non-hydrogen) atoms. The molecule has 2 N–H and O–H groups in total. The summed E-state index contributed by atoms with van der Waals surface area (Å²) in [4.78, 5) is 11.7. The number of nitrogens with two attached hydrogens (primary N) is 1. The van der Waals surface area contributed by atoms with Gasteiger partial charge in [0, 0.05) is 24.8 Å². The molecule has 1 aliphatic heterocycles. The van der Waals surface area contributed by atoms with Gasteiger partial charge in [-0.2, -0.15) is 4.39 Å². The predicted octanol–water partition coefficient (Wildman–Crippen LogP) is 1.15. The van der Waals surface area contributed by atoms with E-state index in [-0.39, 0.29) is 5.69 Å². The molecule has 1 fully saturated rings. The summed E-state index contributed by atoms with van der Waals surface area (Å²) in [6, 6.07) is 2.56. The number of halogens is 1. The van der Waals surface area contributed by atoms with Gasteiger partial charge in [0.1, 0.15) is 5.69 Å². The predicted molar refractivity (Wildman–Crippen MR) is 60.5 cm³/mol. The number of morpholine rings is 1. The molecule has 0 aromatic heterocycles. The van der Waals surface area contributed by atoms with Gasteiger partial charge in [0.25, 0.3) is 0 Å². The van der Waals surface area contributed by atoms with E-state index in [1.54, 1.807) is 0 Å². The van der Waals surface area contributed by atoms with Gasteiger partial charge in [-0.25, -0.2) is 0 Å². The lowest BCUT2D eigenvalue weighted by atomic mass is 10.2. The van der Waals surface area contributed by atoms with Crippen LogP contribution >= 0.6 is 0 Å². The topological polar surface area (TPSA) is 81.6 Å². The standard InChI is InChI=1S/C10H12FN3O3/c11-8-5-7(13-1-3-17-4-2-13)6-9(12)10(8)14(15)16/h5-6H,1-4,12H2. The van der Waals surface area contributed by atoms with Gasteiger partial charge in [0.15, 0.2) is 0 Å². The van der Waals surface area contributed by atoms with Crippen molar-refractivity contribution in [2.45, 2.75) is 0 Å². The molecular weight excluding hydrogens is 229 g/mol. The van der Waals surface area contributed by atoms with Gasteiger partial charge < -0.3 is 15.4 Å². The Balaban J connectivity index is 2.34. The fourth-order valence-corrected chi connectivity index (χ4v) is 1.80. The molecule has 92 valence electrons. The highest BCUT2D eigenvalue weighted by molar-refractivity contribution is 5.67. The normalized spacial score (nSPS) is 15.9. The molecular formula is C10H12FN3O3. The molecule has 1 aromatic rings. The summed E-state index contributed by atoms with van der Waals surface area (Å²) in [7, 11) is 0. The highest BCUT2D eigenvalue weighted by Crippen LogP contribution is 2.30. The van der Waals surface area contributed by atoms with E-state index < -0.39 is 16.4 Å². The Bertz CT molecular complexity index is 423. The zero-order valence-corrected chi connectivity index (χ0v) is 9.06. The summed E-state index contributed by atoms with van der Waals surface area (Å²) < 4.78 is 18.7. The van der Waals surface area contributed by atoms with E-state index in [1.807, 2.05) is 4.90 Å². The lowest BCUT2D eigenvalue weighted by Crippen LogP contribution is -2.36. The molecule has 2 rings (SSSR count). The van der Waals surface area contributed by atoms with Crippen LogP contribution in [0.2, 0.25) is 0 Å². The largest absolute Gasteiger partial charge is 0.393 e. The van der Waals surface area contributed by atoms with Gasteiger partial charge >= 0.3 is 5.69 Å². The second kappa shape index (κ2) is 4.54. The lowest BCUT2D eigenvalue weighted by molar-refractivity contribution is -0.386. The average molecular weight is 241 g/mol. The zero-order chi connectivity index (χ0) is 12.4. The number of nitro groups is 1. The van der Waals surface area contributed by atoms with Crippen LogP contribution in [0.15, 0.2) is 12.1 Å². The molecule has 0 spiro atoms. The summed E-state index contributed by atoms with van der Waals surface area (Å²) in [6.45, 7) is 2.35. The summed E-state index contributed by atoms with van der Waals surface area (Å²) >= 11 is 0. The minimum atomic E-state index is -0.906. The Morgan fingerprint density at radius 3 is 2.59 bits per heavy atom. The van der Waals surface area contributed by atoms with Crippen molar-refractivity contribution in [3.63, 3.8) is 0 Å². The molecule has 1 saturated heterocycles. The van der Waals surface area contributed by atoms with E-state index in [1.165, 1.54) is 6.07 Å². The molecule has 0 radical (unpaired) electrons. The summed E-state index contributed by atoms with van der Waals surface area (Å²) in [5, 5.41) is 10.6. The molecule has 0 unspecified atom stereocenters. The van der Waals surface area contributed by atoms with Gasteiger partial charge in [-0.05, 0) is 6.07 Å². The maximum absolute atomic E-state index is 13.5. The Kier molecular flexibility index (Phi) is 3.10. The van der Waals surface area contributed by atoms with Gasteiger partial charge in [0.2, 0.25) is 5.82 Å². The quantitative estimate of drug-likeness (QED) is 0.477. The van der Waals surface area contributed by atoms with Crippen molar-refractivity contribution in [3.05, 3.63) is 28.1 Å². The van der Waals surface area contributed by atoms with E-state index in [9.17, 15) is 14.5 Å². The molecule has 0 amide bonds. The minimum Gasteiger partial charge on any atom is -0.393 e. The van der Waals surface area contributed by atoms with Gasteiger partial charge in [0.05, 0.1) is 18.1 Å². The zero-order valence-electron chi connectivity index (χ0n) is 9.06. The summed E-state index contributed by atoms with van der Waals surface area (Å²) in [6.07, 6.45) is 0. The van der Waals surface area contributed by atoms with Crippen LogP contribution in [-0.2, 0) is 4.74 Å². The van der Waals surface area contributed by atoms with E-state index in [2.05, 4.69) is 0 Å². The first kappa shape index (κ1) is 11.6. The van der Waals surface area contributed by atoms with Crippen LogP contribution < -0.4 is 10.6 Å². The van der Waals surface area contributed by atoms with Crippen LogP contribution in [0.4, 0.5) is 21.5 Å². The molecule has 1 aliphatic rings. The first-order valence-corrected chi connectivity index (χ1v) is 5.15. The van der Waals surface area contributed by atoms with E-state index in [4.69, 9.17) is 10.5 Å². The van der Waals surface area contributed by atoms with Gasteiger partial charge in [-0.15, -0.1) is 0 Å². The van der Waals surface area contributed by atoms with E-state index >= 15 is 0 Å². The maximum atomic E-state index is 13.5. The number of nitrogens with zero attached hydrogens (tertiary/aromatic N) is 2. The Labute approximate surface area is 96.9 Å². The third kappa shape index (κ3) is 2.28. The second-order valence-corrected chi connectivity index (χ2v) is 3.72. The molecule has 0 aliphatic carbocycles.